The molecule has 0 spiro atoms. The summed E-state index contributed by atoms with van der Waals surface area (Å²) < 4.78 is 75.0. The Hall–Kier alpha value is -2.13. The maximum atomic E-state index is 12.8. The Kier molecular flexibility index (Phi) is 5.28. The molecule has 118 valence electrons. The summed E-state index contributed by atoms with van der Waals surface area (Å²) in [6.45, 7) is 1.21. The van der Waals surface area contributed by atoms with E-state index in [4.69, 9.17) is 0 Å². The van der Waals surface area contributed by atoms with Gasteiger partial charge in [0, 0.05) is 0 Å². The van der Waals surface area contributed by atoms with Crippen molar-refractivity contribution in [2.45, 2.75) is 19.7 Å². The number of rotatable bonds is 5. The SMILES string of the molecule is CCOC(=O)c1c(OC(F)(F)F)cnc(C(F)F)c1OC. The smallest absolute Gasteiger partial charge is 0.494 e. The second-order valence-electron chi connectivity index (χ2n) is 3.48. The van der Waals surface area contributed by atoms with Gasteiger partial charge in [0.15, 0.2) is 11.5 Å². The van der Waals surface area contributed by atoms with Gasteiger partial charge >= 0.3 is 12.3 Å². The minimum absolute atomic E-state index is 0.181. The van der Waals surface area contributed by atoms with Crippen molar-refractivity contribution in [3.8, 4) is 11.5 Å². The molecule has 1 heterocycles. The van der Waals surface area contributed by atoms with E-state index in [1.807, 2.05) is 0 Å². The van der Waals surface area contributed by atoms with E-state index in [-0.39, 0.29) is 6.61 Å². The van der Waals surface area contributed by atoms with Crippen molar-refractivity contribution >= 4 is 5.97 Å². The first-order chi connectivity index (χ1) is 9.71. The van der Waals surface area contributed by atoms with Gasteiger partial charge in [-0.25, -0.2) is 18.6 Å². The van der Waals surface area contributed by atoms with Crippen LogP contribution in [0.2, 0.25) is 0 Å². The summed E-state index contributed by atoms with van der Waals surface area (Å²) in [6, 6.07) is 0. The van der Waals surface area contributed by atoms with Crippen LogP contribution in [0.5, 0.6) is 11.5 Å². The highest BCUT2D eigenvalue weighted by molar-refractivity contribution is 5.96. The first kappa shape index (κ1) is 16.9. The average molecular weight is 315 g/mol. The van der Waals surface area contributed by atoms with Crippen molar-refractivity contribution < 1.29 is 41.0 Å². The number of pyridine rings is 1. The lowest BCUT2D eigenvalue weighted by atomic mass is 10.1. The van der Waals surface area contributed by atoms with Crippen LogP contribution < -0.4 is 9.47 Å². The van der Waals surface area contributed by atoms with Gasteiger partial charge in [-0.1, -0.05) is 0 Å². The third-order valence-electron chi connectivity index (χ3n) is 2.14. The zero-order valence-electron chi connectivity index (χ0n) is 10.8. The van der Waals surface area contributed by atoms with E-state index >= 15 is 0 Å². The number of halogens is 5. The molecular formula is C11H10F5NO4. The molecule has 0 N–H and O–H groups in total. The number of aromatic nitrogens is 1. The quantitative estimate of drug-likeness (QED) is 0.617. The lowest BCUT2D eigenvalue weighted by Gasteiger charge is -2.16. The summed E-state index contributed by atoms with van der Waals surface area (Å²) in [7, 11) is 0.906. The van der Waals surface area contributed by atoms with Crippen LogP contribution in [0.3, 0.4) is 0 Å². The van der Waals surface area contributed by atoms with Crippen LogP contribution in [0.15, 0.2) is 6.20 Å². The molecule has 0 amide bonds. The molecule has 0 atom stereocenters. The molecule has 1 rings (SSSR count). The third kappa shape index (κ3) is 4.17. The highest BCUT2D eigenvalue weighted by Crippen LogP contribution is 2.37. The van der Waals surface area contributed by atoms with E-state index in [0.717, 1.165) is 7.11 Å². The predicted octanol–water partition coefficient (Wildman–Crippen LogP) is 3.10. The zero-order chi connectivity index (χ0) is 16.2. The fraction of sp³-hybridized carbons (Fsp3) is 0.455. The van der Waals surface area contributed by atoms with Gasteiger partial charge in [-0.3, -0.25) is 0 Å². The summed E-state index contributed by atoms with van der Waals surface area (Å²) in [5.41, 5.74) is -1.89. The lowest BCUT2D eigenvalue weighted by Crippen LogP contribution is -2.21. The molecule has 21 heavy (non-hydrogen) atoms. The number of alkyl halides is 5. The number of carbonyl (C=O) groups is 1. The highest BCUT2D eigenvalue weighted by Gasteiger charge is 2.36. The fourth-order valence-electron chi connectivity index (χ4n) is 1.45. The zero-order valence-corrected chi connectivity index (χ0v) is 10.8. The molecule has 0 bridgehead atoms. The molecule has 10 heteroatoms. The number of hydrogen-bond donors (Lipinski definition) is 0. The first-order valence-corrected chi connectivity index (χ1v) is 5.49. The number of esters is 1. The average Bonchev–Trinajstić information content (AvgIpc) is 2.35. The maximum absolute atomic E-state index is 12.8. The summed E-state index contributed by atoms with van der Waals surface area (Å²) >= 11 is 0. The van der Waals surface area contributed by atoms with Crippen LogP contribution in [0, 0.1) is 0 Å². The molecular weight excluding hydrogens is 305 g/mol. The van der Waals surface area contributed by atoms with Gasteiger partial charge < -0.3 is 14.2 Å². The molecule has 1 aromatic rings. The van der Waals surface area contributed by atoms with Crippen LogP contribution in [-0.4, -0.2) is 31.0 Å². The van der Waals surface area contributed by atoms with E-state index in [0.29, 0.717) is 6.20 Å². The standard InChI is InChI=1S/C11H10F5NO4/c1-3-20-10(18)6-5(21-11(14,15)16)4-17-7(9(12)13)8(6)19-2/h4,9H,3H2,1-2H3. The molecule has 1 aromatic heterocycles. The van der Waals surface area contributed by atoms with Gasteiger partial charge in [-0.05, 0) is 6.92 Å². The van der Waals surface area contributed by atoms with Crippen LogP contribution in [0.1, 0.15) is 29.4 Å². The monoisotopic (exact) mass is 315 g/mol. The molecule has 0 unspecified atom stereocenters. The molecule has 0 aliphatic carbocycles. The number of methoxy groups -OCH3 is 1. The van der Waals surface area contributed by atoms with Crippen molar-refractivity contribution in [3.63, 3.8) is 0 Å². The molecule has 0 aliphatic rings. The number of hydrogen-bond acceptors (Lipinski definition) is 5. The normalized spacial score (nSPS) is 11.4. The van der Waals surface area contributed by atoms with Gasteiger partial charge in [0.2, 0.25) is 0 Å². The van der Waals surface area contributed by atoms with E-state index < -0.39 is 41.5 Å². The van der Waals surface area contributed by atoms with Gasteiger partial charge in [-0.15, -0.1) is 13.2 Å². The van der Waals surface area contributed by atoms with E-state index in [2.05, 4.69) is 19.2 Å². The van der Waals surface area contributed by atoms with Gasteiger partial charge in [0.05, 0.1) is 19.9 Å². The Morgan fingerprint density at radius 3 is 2.43 bits per heavy atom. The van der Waals surface area contributed by atoms with Crippen LogP contribution in [0.25, 0.3) is 0 Å². The van der Waals surface area contributed by atoms with Crippen LogP contribution in [-0.2, 0) is 4.74 Å². The fourth-order valence-corrected chi connectivity index (χ4v) is 1.45. The van der Waals surface area contributed by atoms with Gasteiger partial charge in [0.25, 0.3) is 6.43 Å². The summed E-state index contributed by atoms with van der Waals surface area (Å²) in [4.78, 5) is 14.8. The van der Waals surface area contributed by atoms with Gasteiger partial charge in [-0.2, -0.15) is 0 Å². The van der Waals surface area contributed by atoms with Crippen molar-refractivity contribution in [2.24, 2.45) is 0 Å². The Balaban J connectivity index is 3.47. The van der Waals surface area contributed by atoms with Crippen molar-refractivity contribution in [1.82, 2.24) is 4.98 Å². The number of ether oxygens (including phenoxy) is 3. The summed E-state index contributed by atoms with van der Waals surface area (Å²) in [6.07, 6.45) is -7.93. The molecule has 0 saturated carbocycles. The van der Waals surface area contributed by atoms with Crippen LogP contribution >= 0.6 is 0 Å². The highest BCUT2D eigenvalue weighted by atomic mass is 19.4. The second-order valence-corrected chi connectivity index (χ2v) is 3.48. The minimum atomic E-state index is -5.14. The second kappa shape index (κ2) is 6.55. The van der Waals surface area contributed by atoms with Crippen molar-refractivity contribution in [3.05, 3.63) is 17.5 Å². The van der Waals surface area contributed by atoms with E-state index in [9.17, 15) is 26.7 Å². The Bertz CT molecular complexity index is 518. The maximum Gasteiger partial charge on any atom is 0.573 e. The molecule has 5 nitrogen and oxygen atoms in total. The molecule has 0 aliphatic heterocycles. The van der Waals surface area contributed by atoms with Crippen LogP contribution in [0.4, 0.5) is 22.0 Å². The number of nitrogens with zero attached hydrogens (tertiary/aromatic N) is 1. The van der Waals surface area contributed by atoms with E-state index in [1.165, 1.54) is 6.92 Å². The largest absolute Gasteiger partial charge is 0.573 e. The molecule has 0 fully saturated rings. The summed E-state index contributed by atoms with van der Waals surface area (Å²) in [5.74, 6) is -3.20. The van der Waals surface area contributed by atoms with Gasteiger partial charge in [0.1, 0.15) is 11.3 Å². The Labute approximate surface area is 115 Å². The molecule has 0 aromatic carbocycles. The van der Waals surface area contributed by atoms with E-state index in [1.54, 1.807) is 0 Å². The Morgan fingerprint density at radius 1 is 1.38 bits per heavy atom. The topological polar surface area (TPSA) is 57.7 Å². The Morgan fingerprint density at radius 2 is 2.00 bits per heavy atom. The minimum Gasteiger partial charge on any atom is -0.494 e. The lowest BCUT2D eigenvalue weighted by molar-refractivity contribution is -0.274. The van der Waals surface area contributed by atoms with Crippen molar-refractivity contribution in [1.29, 1.82) is 0 Å². The molecule has 0 saturated heterocycles. The number of carbonyl (C=O) groups excluding carboxylic acids is 1. The molecule has 0 radical (unpaired) electrons. The van der Waals surface area contributed by atoms with Crippen molar-refractivity contribution in [2.75, 3.05) is 13.7 Å². The summed E-state index contributed by atoms with van der Waals surface area (Å²) in [5, 5.41) is 0. The predicted molar refractivity (Wildman–Crippen MR) is 58.4 cm³/mol. The first-order valence-electron chi connectivity index (χ1n) is 5.49. The third-order valence-corrected chi connectivity index (χ3v) is 2.14.